The maximum Gasteiger partial charge on any atom is 0.314 e. The van der Waals surface area contributed by atoms with Crippen LogP contribution in [0.15, 0.2) is 26.5 Å². The Balaban J connectivity index is 2.99. The van der Waals surface area contributed by atoms with Gasteiger partial charge in [-0.2, -0.15) is 0 Å². The summed E-state index contributed by atoms with van der Waals surface area (Å²) in [6.45, 7) is 5.12. The number of hydrogen-bond acceptors (Lipinski definition) is 3. The zero-order chi connectivity index (χ0) is 11.6. The molecule has 0 fully saturated rings. The van der Waals surface area contributed by atoms with E-state index in [-0.39, 0.29) is 10.9 Å². The van der Waals surface area contributed by atoms with Crippen LogP contribution in [0.1, 0.15) is 20.8 Å². The molecule has 0 atom stereocenters. The number of aliphatic imine (C=N–C) groups is 1. The topological polar surface area (TPSA) is 71.2 Å². The number of nitrogens with zero attached hydrogens (tertiary/aromatic N) is 3. The molecule has 5 nitrogen and oxygen atoms in total. The Morgan fingerprint density at radius 1 is 1.40 bits per heavy atom. The van der Waals surface area contributed by atoms with Crippen LogP contribution in [0.2, 0.25) is 0 Å². The SMILES string of the molecule is CC(C)(C)C(=O)N=C1C=C(Cl)N=NC1=O. The van der Waals surface area contributed by atoms with Crippen molar-refractivity contribution < 1.29 is 9.59 Å². The maximum atomic E-state index is 11.5. The van der Waals surface area contributed by atoms with E-state index in [0.717, 1.165) is 0 Å². The van der Waals surface area contributed by atoms with Crippen LogP contribution in [0.4, 0.5) is 0 Å². The lowest BCUT2D eigenvalue weighted by atomic mass is 9.96. The minimum atomic E-state index is -0.656. The Labute approximate surface area is 91.9 Å². The van der Waals surface area contributed by atoms with Crippen molar-refractivity contribution in [1.82, 2.24) is 0 Å². The lowest BCUT2D eigenvalue weighted by molar-refractivity contribution is -0.125. The molecule has 1 aliphatic rings. The summed E-state index contributed by atoms with van der Waals surface area (Å²) in [7, 11) is 0. The van der Waals surface area contributed by atoms with Crippen LogP contribution in [0, 0.1) is 5.41 Å². The van der Waals surface area contributed by atoms with Gasteiger partial charge in [-0.3, -0.25) is 9.59 Å². The van der Waals surface area contributed by atoms with E-state index >= 15 is 0 Å². The molecule has 80 valence electrons. The summed E-state index contributed by atoms with van der Waals surface area (Å²) in [5.41, 5.74) is -0.711. The van der Waals surface area contributed by atoms with Gasteiger partial charge in [0.1, 0.15) is 5.71 Å². The van der Waals surface area contributed by atoms with E-state index in [9.17, 15) is 9.59 Å². The third-order valence-electron chi connectivity index (χ3n) is 1.57. The highest BCUT2D eigenvalue weighted by Crippen LogP contribution is 2.17. The lowest BCUT2D eigenvalue weighted by Crippen LogP contribution is -2.22. The maximum absolute atomic E-state index is 11.5. The quantitative estimate of drug-likeness (QED) is 0.595. The number of hydrogen-bond donors (Lipinski definition) is 0. The van der Waals surface area contributed by atoms with Gasteiger partial charge in [0.05, 0.1) is 0 Å². The van der Waals surface area contributed by atoms with E-state index in [0.29, 0.717) is 0 Å². The number of carbonyl (C=O) groups excluding carboxylic acids is 2. The number of halogens is 1. The fourth-order valence-electron chi connectivity index (χ4n) is 0.705. The van der Waals surface area contributed by atoms with Gasteiger partial charge in [-0.15, -0.1) is 10.2 Å². The Morgan fingerprint density at radius 2 is 2.00 bits per heavy atom. The van der Waals surface area contributed by atoms with Gasteiger partial charge in [0.25, 0.3) is 5.91 Å². The zero-order valence-electron chi connectivity index (χ0n) is 8.61. The lowest BCUT2D eigenvalue weighted by Gasteiger charge is -2.12. The fourth-order valence-corrected chi connectivity index (χ4v) is 0.846. The molecule has 0 saturated heterocycles. The van der Waals surface area contributed by atoms with Gasteiger partial charge in [-0.05, 0) is 0 Å². The number of amides is 2. The van der Waals surface area contributed by atoms with Crippen LogP contribution in [0.5, 0.6) is 0 Å². The van der Waals surface area contributed by atoms with Gasteiger partial charge in [0.15, 0.2) is 5.16 Å². The number of azo groups is 1. The zero-order valence-corrected chi connectivity index (χ0v) is 9.37. The molecular formula is C9H10ClN3O2. The van der Waals surface area contributed by atoms with Gasteiger partial charge in [0.2, 0.25) is 0 Å². The summed E-state index contributed by atoms with van der Waals surface area (Å²) in [6, 6.07) is 0. The van der Waals surface area contributed by atoms with E-state index in [1.165, 1.54) is 6.08 Å². The molecule has 0 saturated carbocycles. The van der Waals surface area contributed by atoms with Crippen LogP contribution >= 0.6 is 11.6 Å². The van der Waals surface area contributed by atoms with Crippen molar-refractivity contribution in [3.8, 4) is 0 Å². The highest BCUT2D eigenvalue weighted by atomic mass is 35.5. The third-order valence-corrected chi connectivity index (χ3v) is 1.76. The molecule has 15 heavy (non-hydrogen) atoms. The molecule has 2 amide bonds. The normalized spacial score (nSPS) is 19.3. The molecule has 0 spiro atoms. The molecule has 0 N–H and O–H groups in total. The van der Waals surface area contributed by atoms with E-state index in [4.69, 9.17) is 11.6 Å². The summed E-state index contributed by atoms with van der Waals surface area (Å²) in [5, 5.41) is 6.61. The van der Waals surface area contributed by atoms with Crippen LogP contribution in [0.3, 0.4) is 0 Å². The summed E-state index contributed by atoms with van der Waals surface area (Å²) in [4.78, 5) is 26.3. The van der Waals surface area contributed by atoms with Crippen molar-refractivity contribution in [2.24, 2.45) is 20.6 Å². The van der Waals surface area contributed by atoms with Gasteiger partial charge < -0.3 is 0 Å². The molecule has 0 bridgehead atoms. The first-order valence-electron chi connectivity index (χ1n) is 4.27. The molecule has 0 aromatic carbocycles. The van der Waals surface area contributed by atoms with E-state index < -0.39 is 17.2 Å². The summed E-state index contributed by atoms with van der Waals surface area (Å²) in [5.74, 6) is -1.05. The van der Waals surface area contributed by atoms with Crippen LogP contribution in [0.25, 0.3) is 0 Å². The third kappa shape index (κ3) is 3.06. The van der Waals surface area contributed by atoms with Gasteiger partial charge in [-0.1, -0.05) is 32.4 Å². The molecule has 1 rings (SSSR count). The van der Waals surface area contributed by atoms with Crippen molar-refractivity contribution >= 4 is 29.1 Å². The van der Waals surface area contributed by atoms with Crippen molar-refractivity contribution in [2.45, 2.75) is 20.8 Å². The van der Waals surface area contributed by atoms with Crippen LogP contribution < -0.4 is 0 Å². The first-order valence-corrected chi connectivity index (χ1v) is 4.65. The Kier molecular flexibility index (Phi) is 3.14. The van der Waals surface area contributed by atoms with Crippen molar-refractivity contribution in [3.63, 3.8) is 0 Å². The summed E-state index contributed by atoms with van der Waals surface area (Å²) < 4.78 is 0. The van der Waals surface area contributed by atoms with Gasteiger partial charge in [-0.25, -0.2) is 4.99 Å². The van der Waals surface area contributed by atoms with Crippen molar-refractivity contribution in [2.75, 3.05) is 0 Å². The monoisotopic (exact) mass is 227 g/mol. The van der Waals surface area contributed by atoms with E-state index in [1.54, 1.807) is 20.8 Å². The van der Waals surface area contributed by atoms with E-state index in [2.05, 4.69) is 15.2 Å². The first-order chi connectivity index (χ1) is 6.80. The van der Waals surface area contributed by atoms with Gasteiger partial charge >= 0.3 is 5.91 Å². The molecule has 0 aromatic heterocycles. The molecule has 0 aromatic rings. The highest BCUT2D eigenvalue weighted by molar-refractivity contribution is 6.48. The van der Waals surface area contributed by atoms with Crippen LogP contribution in [-0.2, 0) is 9.59 Å². The second kappa shape index (κ2) is 4.02. The molecule has 1 aliphatic heterocycles. The minimum Gasteiger partial charge on any atom is -0.272 e. The molecule has 0 radical (unpaired) electrons. The second-order valence-electron chi connectivity index (χ2n) is 4.02. The van der Waals surface area contributed by atoms with Gasteiger partial charge in [0, 0.05) is 11.5 Å². The molecule has 1 heterocycles. The standard InChI is InChI=1S/C9H10ClN3O2/c1-9(2,3)8(15)11-5-4-6(10)12-13-7(5)14/h4H,1-3H3. The summed E-state index contributed by atoms with van der Waals surface area (Å²) in [6.07, 6.45) is 1.22. The average Bonchev–Trinajstić information content (AvgIpc) is 2.09. The molecular weight excluding hydrogens is 218 g/mol. The minimum absolute atomic E-state index is 0.0371. The largest absolute Gasteiger partial charge is 0.314 e. The molecule has 0 unspecified atom stereocenters. The Morgan fingerprint density at radius 3 is 2.53 bits per heavy atom. The fraction of sp³-hybridized carbons (Fsp3) is 0.444. The average molecular weight is 228 g/mol. The Bertz CT molecular complexity index is 402. The predicted molar refractivity (Wildman–Crippen MR) is 55.7 cm³/mol. The van der Waals surface area contributed by atoms with Crippen molar-refractivity contribution in [1.29, 1.82) is 0 Å². The first kappa shape index (κ1) is 11.7. The Hall–Kier alpha value is -1.36. The predicted octanol–water partition coefficient (Wildman–Crippen LogP) is 2.07. The second-order valence-corrected chi connectivity index (χ2v) is 4.41. The number of rotatable bonds is 0. The highest BCUT2D eigenvalue weighted by Gasteiger charge is 2.23. The number of carbonyl (C=O) groups is 2. The molecule has 6 heteroatoms. The summed E-state index contributed by atoms with van der Waals surface area (Å²) >= 11 is 5.53. The van der Waals surface area contributed by atoms with Crippen molar-refractivity contribution in [3.05, 3.63) is 11.2 Å². The molecule has 0 aliphatic carbocycles. The smallest absolute Gasteiger partial charge is 0.272 e. The van der Waals surface area contributed by atoms with Crippen LogP contribution in [-0.4, -0.2) is 17.5 Å². The van der Waals surface area contributed by atoms with E-state index in [1.807, 2.05) is 0 Å².